The van der Waals surface area contributed by atoms with Crippen LogP contribution in [0.4, 0.5) is 11.4 Å². The maximum Gasteiger partial charge on any atom is 0.243 e. The number of benzene rings is 2. The molecule has 0 unspecified atom stereocenters. The largest absolute Gasteiger partial charge is 0.376 e. The van der Waals surface area contributed by atoms with Crippen molar-refractivity contribution in [2.24, 2.45) is 0 Å². The first kappa shape index (κ1) is 18.0. The van der Waals surface area contributed by atoms with E-state index in [9.17, 15) is 9.59 Å². The van der Waals surface area contributed by atoms with Crippen molar-refractivity contribution in [2.75, 3.05) is 23.7 Å². The monoisotopic (exact) mass is 389 g/mol. The van der Waals surface area contributed by atoms with Crippen molar-refractivity contribution in [3.63, 3.8) is 0 Å². The molecular weight excluding hydrogens is 370 g/mol. The Balaban J connectivity index is 1.75. The molecule has 2 aromatic rings. The first-order valence-corrected chi connectivity index (χ1v) is 8.37. The lowest BCUT2D eigenvalue weighted by Crippen LogP contribution is -2.36. The standard InChI is InChI=1S/C18H20BrN3O2/c1-12-4-3-5-16(13(12)2)22-18(24)11-21-17(23)10-20-15-8-6-14(19)7-9-15/h3-9,20H,10-11H2,1-2H3,(H,21,23)(H,22,24). The van der Waals surface area contributed by atoms with Gasteiger partial charge in [0.05, 0.1) is 13.1 Å². The van der Waals surface area contributed by atoms with Crippen LogP contribution in [0.3, 0.4) is 0 Å². The molecule has 0 aliphatic heterocycles. The van der Waals surface area contributed by atoms with Crippen LogP contribution in [0.25, 0.3) is 0 Å². The first-order valence-electron chi connectivity index (χ1n) is 7.58. The minimum Gasteiger partial charge on any atom is -0.376 e. The maximum atomic E-state index is 11.9. The zero-order chi connectivity index (χ0) is 17.5. The maximum absolute atomic E-state index is 11.9. The third kappa shape index (κ3) is 5.38. The van der Waals surface area contributed by atoms with Crippen LogP contribution in [-0.2, 0) is 9.59 Å². The minimum absolute atomic E-state index is 0.0613. The highest BCUT2D eigenvalue weighted by Crippen LogP contribution is 2.17. The lowest BCUT2D eigenvalue weighted by atomic mass is 10.1. The van der Waals surface area contributed by atoms with Crippen molar-refractivity contribution in [2.45, 2.75) is 13.8 Å². The van der Waals surface area contributed by atoms with Crippen molar-refractivity contribution < 1.29 is 9.59 Å². The number of anilines is 2. The molecule has 0 aliphatic carbocycles. The van der Waals surface area contributed by atoms with Crippen LogP contribution in [0.5, 0.6) is 0 Å². The highest BCUT2D eigenvalue weighted by molar-refractivity contribution is 9.10. The molecule has 0 saturated carbocycles. The molecule has 0 spiro atoms. The summed E-state index contributed by atoms with van der Waals surface area (Å²) in [5.41, 5.74) is 3.74. The molecular formula is C18H20BrN3O2. The zero-order valence-electron chi connectivity index (χ0n) is 13.7. The van der Waals surface area contributed by atoms with E-state index in [1.807, 2.05) is 56.3 Å². The minimum atomic E-state index is -0.249. The topological polar surface area (TPSA) is 70.2 Å². The van der Waals surface area contributed by atoms with E-state index in [2.05, 4.69) is 31.9 Å². The summed E-state index contributed by atoms with van der Waals surface area (Å²) in [7, 11) is 0. The van der Waals surface area contributed by atoms with E-state index in [0.29, 0.717) is 0 Å². The predicted octanol–water partition coefficient (Wildman–Crippen LogP) is 3.23. The summed E-state index contributed by atoms with van der Waals surface area (Å²) in [4.78, 5) is 23.7. The number of amides is 2. The second kappa shape index (κ2) is 8.49. The summed E-state index contributed by atoms with van der Waals surface area (Å²) >= 11 is 3.35. The normalized spacial score (nSPS) is 10.1. The predicted molar refractivity (Wildman–Crippen MR) is 100 cm³/mol. The van der Waals surface area contributed by atoms with Crippen LogP contribution in [0.2, 0.25) is 0 Å². The summed E-state index contributed by atoms with van der Waals surface area (Å²) in [6.45, 7) is 3.98. The molecule has 5 nitrogen and oxygen atoms in total. The fourth-order valence-electron chi connectivity index (χ4n) is 2.07. The lowest BCUT2D eigenvalue weighted by Gasteiger charge is -2.11. The average Bonchev–Trinajstić information content (AvgIpc) is 2.56. The van der Waals surface area contributed by atoms with Crippen LogP contribution in [0, 0.1) is 13.8 Å². The molecule has 126 valence electrons. The van der Waals surface area contributed by atoms with Gasteiger partial charge in [0.15, 0.2) is 0 Å². The molecule has 6 heteroatoms. The summed E-state index contributed by atoms with van der Waals surface area (Å²) in [6, 6.07) is 13.2. The first-order chi connectivity index (χ1) is 11.5. The Morgan fingerprint density at radius 2 is 1.67 bits per heavy atom. The Labute approximate surface area is 150 Å². The Hall–Kier alpha value is -2.34. The van der Waals surface area contributed by atoms with Gasteiger partial charge in [-0.3, -0.25) is 9.59 Å². The summed E-state index contributed by atoms with van der Waals surface area (Å²) < 4.78 is 0.973. The van der Waals surface area contributed by atoms with E-state index in [1.54, 1.807) is 0 Å². The second-order valence-corrected chi connectivity index (χ2v) is 6.35. The molecule has 0 atom stereocenters. The van der Waals surface area contributed by atoms with Crippen LogP contribution in [0.1, 0.15) is 11.1 Å². The van der Waals surface area contributed by atoms with Gasteiger partial charge in [-0.1, -0.05) is 28.1 Å². The Kier molecular flexibility index (Phi) is 6.37. The zero-order valence-corrected chi connectivity index (χ0v) is 15.2. The third-order valence-electron chi connectivity index (χ3n) is 3.62. The van der Waals surface area contributed by atoms with E-state index < -0.39 is 0 Å². The summed E-state index contributed by atoms with van der Waals surface area (Å²) in [6.07, 6.45) is 0. The number of carbonyl (C=O) groups excluding carboxylic acids is 2. The molecule has 2 rings (SSSR count). The number of halogens is 1. The van der Waals surface area contributed by atoms with Crippen LogP contribution in [0.15, 0.2) is 46.9 Å². The molecule has 0 fully saturated rings. The van der Waals surface area contributed by atoms with Crippen LogP contribution < -0.4 is 16.0 Å². The number of hydrogen-bond donors (Lipinski definition) is 3. The van der Waals surface area contributed by atoms with E-state index in [4.69, 9.17) is 0 Å². The molecule has 2 amide bonds. The van der Waals surface area contributed by atoms with Gasteiger partial charge in [0.1, 0.15) is 0 Å². The van der Waals surface area contributed by atoms with Crippen molar-refractivity contribution >= 4 is 39.1 Å². The Bertz CT molecular complexity index is 730. The fourth-order valence-corrected chi connectivity index (χ4v) is 2.34. The smallest absolute Gasteiger partial charge is 0.243 e. The summed E-state index contributed by atoms with van der Waals surface area (Å²) in [5, 5.41) is 8.40. The number of rotatable bonds is 6. The number of nitrogens with one attached hydrogen (secondary N) is 3. The quantitative estimate of drug-likeness (QED) is 0.709. The van der Waals surface area contributed by atoms with E-state index >= 15 is 0 Å². The van der Waals surface area contributed by atoms with Crippen molar-refractivity contribution in [1.29, 1.82) is 0 Å². The molecule has 24 heavy (non-hydrogen) atoms. The molecule has 0 heterocycles. The molecule has 0 radical (unpaired) electrons. The molecule has 0 aromatic heterocycles. The highest BCUT2D eigenvalue weighted by atomic mass is 79.9. The Morgan fingerprint density at radius 3 is 2.38 bits per heavy atom. The van der Waals surface area contributed by atoms with E-state index in [1.165, 1.54) is 0 Å². The second-order valence-electron chi connectivity index (χ2n) is 5.43. The molecule has 0 bridgehead atoms. The number of hydrogen-bond acceptors (Lipinski definition) is 3. The highest BCUT2D eigenvalue weighted by Gasteiger charge is 2.08. The number of carbonyl (C=O) groups is 2. The van der Waals surface area contributed by atoms with E-state index in [0.717, 1.165) is 27.0 Å². The van der Waals surface area contributed by atoms with Gasteiger partial charge in [-0.05, 0) is 55.3 Å². The van der Waals surface area contributed by atoms with Gasteiger partial charge >= 0.3 is 0 Å². The fraction of sp³-hybridized carbons (Fsp3) is 0.222. The number of aryl methyl sites for hydroxylation is 1. The van der Waals surface area contributed by atoms with Gasteiger partial charge in [0.2, 0.25) is 11.8 Å². The van der Waals surface area contributed by atoms with Crippen LogP contribution in [-0.4, -0.2) is 24.9 Å². The molecule has 0 saturated heterocycles. The van der Waals surface area contributed by atoms with Gasteiger partial charge in [-0.25, -0.2) is 0 Å². The van der Waals surface area contributed by atoms with Crippen molar-refractivity contribution in [3.8, 4) is 0 Å². The lowest BCUT2D eigenvalue weighted by molar-refractivity contribution is -0.122. The van der Waals surface area contributed by atoms with Gasteiger partial charge in [-0.2, -0.15) is 0 Å². The molecule has 0 aliphatic rings. The van der Waals surface area contributed by atoms with Crippen LogP contribution >= 0.6 is 15.9 Å². The van der Waals surface area contributed by atoms with Gasteiger partial charge in [-0.15, -0.1) is 0 Å². The van der Waals surface area contributed by atoms with E-state index in [-0.39, 0.29) is 24.9 Å². The van der Waals surface area contributed by atoms with Crippen molar-refractivity contribution in [1.82, 2.24) is 5.32 Å². The average molecular weight is 390 g/mol. The van der Waals surface area contributed by atoms with Crippen molar-refractivity contribution in [3.05, 3.63) is 58.1 Å². The van der Waals surface area contributed by atoms with Gasteiger partial charge in [0.25, 0.3) is 0 Å². The van der Waals surface area contributed by atoms with Gasteiger partial charge < -0.3 is 16.0 Å². The third-order valence-corrected chi connectivity index (χ3v) is 4.15. The van der Waals surface area contributed by atoms with Gasteiger partial charge in [0, 0.05) is 15.8 Å². The Morgan fingerprint density at radius 1 is 0.958 bits per heavy atom. The SMILES string of the molecule is Cc1cccc(NC(=O)CNC(=O)CNc2ccc(Br)cc2)c1C. The molecule has 3 N–H and O–H groups in total. The molecule has 2 aromatic carbocycles. The summed E-state index contributed by atoms with van der Waals surface area (Å²) in [5.74, 6) is -0.491.